The highest BCUT2D eigenvalue weighted by Gasteiger charge is 2.36. The van der Waals surface area contributed by atoms with Gasteiger partial charge in [-0.05, 0) is 25.0 Å². The van der Waals surface area contributed by atoms with Crippen LogP contribution < -0.4 is 0 Å². The molecule has 1 aliphatic rings. The van der Waals surface area contributed by atoms with Crippen molar-refractivity contribution < 1.29 is 19.2 Å². The standard InChI is InChI=1S/C14H13N3O4/c18-13(17-7-3-5-11(17)14(19)20)12-8-10(16-21-12)9-4-1-2-6-15-9/h1-2,4,6,8,11H,3,5,7H2,(H,19,20). The van der Waals surface area contributed by atoms with E-state index in [1.807, 2.05) is 0 Å². The number of hydrogen-bond donors (Lipinski definition) is 1. The lowest BCUT2D eigenvalue weighted by Crippen LogP contribution is -2.40. The van der Waals surface area contributed by atoms with Gasteiger partial charge in [0, 0.05) is 18.8 Å². The molecule has 1 saturated heterocycles. The monoisotopic (exact) mass is 287 g/mol. The lowest BCUT2D eigenvalue weighted by atomic mass is 10.2. The summed E-state index contributed by atoms with van der Waals surface area (Å²) >= 11 is 0. The van der Waals surface area contributed by atoms with Crippen molar-refractivity contribution in [1.29, 1.82) is 0 Å². The van der Waals surface area contributed by atoms with Crippen molar-refractivity contribution in [2.24, 2.45) is 0 Å². The maximum Gasteiger partial charge on any atom is 0.326 e. The molecule has 3 rings (SSSR count). The van der Waals surface area contributed by atoms with E-state index in [1.54, 1.807) is 24.4 Å². The van der Waals surface area contributed by atoms with Crippen LogP contribution in [0.3, 0.4) is 0 Å². The Bertz CT molecular complexity index is 668. The Labute approximate surface area is 120 Å². The molecule has 108 valence electrons. The number of rotatable bonds is 3. The third kappa shape index (κ3) is 2.49. The number of aliphatic carboxylic acids is 1. The van der Waals surface area contributed by atoms with Gasteiger partial charge in [-0.25, -0.2) is 4.79 Å². The molecule has 1 atom stereocenters. The first-order valence-electron chi connectivity index (χ1n) is 6.58. The quantitative estimate of drug-likeness (QED) is 0.917. The molecule has 1 amide bonds. The van der Waals surface area contributed by atoms with E-state index in [0.717, 1.165) is 0 Å². The Hall–Kier alpha value is -2.70. The van der Waals surface area contributed by atoms with Crippen LogP contribution in [0.4, 0.5) is 0 Å². The summed E-state index contributed by atoms with van der Waals surface area (Å²) in [5.74, 6) is -1.41. The van der Waals surface area contributed by atoms with Gasteiger partial charge in [-0.2, -0.15) is 0 Å². The van der Waals surface area contributed by atoms with Crippen molar-refractivity contribution >= 4 is 11.9 Å². The summed E-state index contributed by atoms with van der Waals surface area (Å²) in [5, 5.41) is 12.9. The molecule has 3 heterocycles. The zero-order valence-corrected chi connectivity index (χ0v) is 11.1. The first-order valence-corrected chi connectivity index (χ1v) is 6.58. The highest BCUT2D eigenvalue weighted by atomic mass is 16.5. The highest BCUT2D eigenvalue weighted by molar-refractivity contribution is 5.95. The van der Waals surface area contributed by atoms with E-state index in [9.17, 15) is 9.59 Å². The smallest absolute Gasteiger partial charge is 0.326 e. The number of carboxylic acid groups (broad SMARTS) is 1. The Morgan fingerprint density at radius 1 is 1.33 bits per heavy atom. The minimum absolute atomic E-state index is 0.0313. The molecule has 1 fully saturated rings. The number of pyridine rings is 1. The molecule has 0 aliphatic carbocycles. The normalized spacial score (nSPS) is 17.9. The minimum atomic E-state index is -0.995. The second kappa shape index (κ2) is 5.35. The summed E-state index contributed by atoms with van der Waals surface area (Å²) in [5.41, 5.74) is 1.04. The van der Waals surface area contributed by atoms with Crippen molar-refractivity contribution in [2.45, 2.75) is 18.9 Å². The van der Waals surface area contributed by atoms with Gasteiger partial charge in [-0.3, -0.25) is 9.78 Å². The average Bonchev–Trinajstić information content (AvgIpc) is 3.17. The minimum Gasteiger partial charge on any atom is -0.480 e. The lowest BCUT2D eigenvalue weighted by molar-refractivity contribution is -0.141. The number of aromatic nitrogens is 2. The molecule has 21 heavy (non-hydrogen) atoms. The van der Waals surface area contributed by atoms with Crippen LogP contribution in [0.25, 0.3) is 11.4 Å². The van der Waals surface area contributed by atoms with Crippen LogP contribution in [0.1, 0.15) is 23.4 Å². The second-order valence-electron chi connectivity index (χ2n) is 4.79. The average molecular weight is 287 g/mol. The van der Waals surface area contributed by atoms with Gasteiger partial charge in [0.05, 0.1) is 5.69 Å². The Balaban J connectivity index is 1.83. The fourth-order valence-corrected chi connectivity index (χ4v) is 2.42. The number of carboxylic acids is 1. The van der Waals surface area contributed by atoms with Gasteiger partial charge in [0.1, 0.15) is 11.7 Å². The lowest BCUT2D eigenvalue weighted by Gasteiger charge is -2.19. The SMILES string of the molecule is O=C(O)C1CCCN1C(=O)c1cc(-c2ccccn2)no1. The molecule has 0 bridgehead atoms. The fourth-order valence-electron chi connectivity index (χ4n) is 2.42. The van der Waals surface area contributed by atoms with Gasteiger partial charge >= 0.3 is 5.97 Å². The summed E-state index contributed by atoms with van der Waals surface area (Å²) in [6, 6.07) is 6.03. The molecule has 2 aromatic rings. The zero-order valence-electron chi connectivity index (χ0n) is 11.1. The molecule has 7 heteroatoms. The number of amides is 1. The van der Waals surface area contributed by atoms with Crippen molar-refractivity contribution in [3.05, 3.63) is 36.2 Å². The number of hydrogen-bond acceptors (Lipinski definition) is 5. The van der Waals surface area contributed by atoms with Gasteiger partial charge in [0.2, 0.25) is 5.76 Å². The van der Waals surface area contributed by atoms with Crippen molar-refractivity contribution in [2.75, 3.05) is 6.54 Å². The molecule has 0 aromatic carbocycles. The summed E-state index contributed by atoms with van der Waals surface area (Å²) < 4.78 is 5.05. The van der Waals surface area contributed by atoms with E-state index in [4.69, 9.17) is 9.63 Å². The van der Waals surface area contributed by atoms with E-state index in [-0.39, 0.29) is 5.76 Å². The van der Waals surface area contributed by atoms with Crippen LogP contribution in [-0.2, 0) is 4.79 Å². The maximum absolute atomic E-state index is 12.3. The molecule has 2 aromatic heterocycles. The largest absolute Gasteiger partial charge is 0.480 e. The first kappa shape index (κ1) is 13.3. The van der Waals surface area contributed by atoms with E-state index < -0.39 is 17.9 Å². The van der Waals surface area contributed by atoms with Crippen LogP contribution in [0.2, 0.25) is 0 Å². The third-order valence-corrected chi connectivity index (χ3v) is 3.45. The second-order valence-corrected chi connectivity index (χ2v) is 4.79. The molecule has 7 nitrogen and oxygen atoms in total. The van der Waals surface area contributed by atoms with E-state index >= 15 is 0 Å². The summed E-state index contributed by atoms with van der Waals surface area (Å²) in [6.45, 7) is 0.412. The summed E-state index contributed by atoms with van der Waals surface area (Å²) in [6.07, 6.45) is 2.75. The molecule has 0 radical (unpaired) electrons. The van der Waals surface area contributed by atoms with Crippen molar-refractivity contribution in [3.8, 4) is 11.4 Å². The van der Waals surface area contributed by atoms with Crippen LogP contribution in [0.15, 0.2) is 35.0 Å². The predicted molar refractivity (Wildman–Crippen MR) is 71.4 cm³/mol. The van der Waals surface area contributed by atoms with Gasteiger partial charge in [0.25, 0.3) is 5.91 Å². The van der Waals surface area contributed by atoms with Crippen LogP contribution in [-0.4, -0.2) is 44.6 Å². The zero-order chi connectivity index (χ0) is 14.8. The maximum atomic E-state index is 12.3. The Morgan fingerprint density at radius 3 is 2.90 bits per heavy atom. The summed E-state index contributed by atoms with van der Waals surface area (Å²) in [4.78, 5) is 28.9. The van der Waals surface area contributed by atoms with Gasteiger partial charge in [0.15, 0.2) is 0 Å². The van der Waals surface area contributed by atoms with Crippen LogP contribution in [0, 0.1) is 0 Å². The third-order valence-electron chi connectivity index (χ3n) is 3.45. The van der Waals surface area contributed by atoms with Crippen molar-refractivity contribution in [1.82, 2.24) is 15.0 Å². The molecule has 1 unspecified atom stereocenters. The number of nitrogens with zero attached hydrogens (tertiary/aromatic N) is 3. The number of carbonyl (C=O) groups is 2. The topological polar surface area (TPSA) is 96.5 Å². The van der Waals surface area contributed by atoms with E-state index in [0.29, 0.717) is 30.8 Å². The van der Waals surface area contributed by atoms with Crippen LogP contribution in [0.5, 0.6) is 0 Å². The summed E-state index contributed by atoms with van der Waals surface area (Å²) in [7, 11) is 0. The van der Waals surface area contributed by atoms with Gasteiger partial charge < -0.3 is 14.5 Å². The molecule has 0 spiro atoms. The number of likely N-dealkylation sites (tertiary alicyclic amines) is 1. The first-order chi connectivity index (χ1) is 10.2. The molecule has 1 N–H and O–H groups in total. The molecular weight excluding hydrogens is 274 g/mol. The Morgan fingerprint density at radius 2 is 2.19 bits per heavy atom. The Kier molecular flexibility index (Phi) is 3.39. The van der Waals surface area contributed by atoms with Crippen LogP contribution >= 0.6 is 0 Å². The predicted octanol–water partition coefficient (Wildman–Crippen LogP) is 1.43. The van der Waals surface area contributed by atoms with E-state index in [2.05, 4.69) is 10.1 Å². The van der Waals surface area contributed by atoms with Crippen molar-refractivity contribution in [3.63, 3.8) is 0 Å². The van der Waals surface area contributed by atoms with Gasteiger partial charge in [-0.1, -0.05) is 11.2 Å². The molecule has 1 aliphatic heterocycles. The highest BCUT2D eigenvalue weighted by Crippen LogP contribution is 2.22. The number of carbonyl (C=O) groups excluding carboxylic acids is 1. The van der Waals surface area contributed by atoms with Gasteiger partial charge in [-0.15, -0.1) is 0 Å². The molecular formula is C14H13N3O4. The molecule has 0 saturated carbocycles. The fraction of sp³-hybridized carbons (Fsp3) is 0.286. The van der Waals surface area contributed by atoms with E-state index in [1.165, 1.54) is 11.0 Å².